The summed E-state index contributed by atoms with van der Waals surface area (Å²) in [5.74, 6) is 0. The van der Waals surface area contributed by atoms with Crippen LogP contribution in [0.15, 0.2) is 24.3 Å². The van der Waals surface area contributed by atoms with Gasteiger partial charge in [-0.1, -0.05) is 25.1 Å². The lowest BCUT2D eigenvalue weighted by Gasteiger charge is -2.20. The molecule has 1 amide bonds. The fourth-order valence-electron chi connectivity index (χ4n) is 1.46. The van der Waals surface area contributed by atoms with Gasteiger partial charge >= 0.3 is 5.37 Å². The fourth-order valence-corrected chi connectivity index (χ4v) is 1.67. The first kappa shape index (κ1) is 11.1. The zero-order valence-corrected chi connectivity index (χ0v) is 9.21. The molecule has 0 aliphatic heterocycles. The van der Waals surface area contributed by atoms with Gasteiger partial charge in [-0.2, -0.15) is 0 Å². The van der Waals surface area contributed by atoms with Gasteiger partial charge in [0, 0.05) is 12.2 Å². The Morgan fingerprint density at radius 3 is 2.50 bits per heavy atom. The third-order valence-corrected chi connectivity index (χ3v) is 2.40. The number of anilines is 1. The molecular formula is C11H14ClNO. The molecule has 76 valence electrons. The van der Waals surface area contributed by atoms with Gasteiger partial charge in [0.1, 0.15) is 0 Å². The van der Waals surface area contributed by atoms with Crippen LogP contribution in [0.5, 0.6) is 0 Å². The van der Waals surface area contributed by atoms with E-state index in [9.17, 15) is 4.79 Å². The monoisotopic (exact) mass is 211 g/mol. The van der Waals surface area contributed by atoms with Gasteiger partial charge in [-0.15, -0.1) is 0 Å². The predicted octanol–water partition coefficient (Wildman–Crippen LogP) is 3.43. The first-order valence-corrected chi connectivity index (χ1v) is 5.13. The maximum absolute atomic E-state index is 11.1. The molecule has 1 rings (SSSR count). The van der Waals surface area contributed by atoms with Crippen LogP contribution in [0.3, 0.4) is 0 Å². The minimum atomic E-state index is -0.423. The van der Waals surface area contributed by atoms with Crippen LogP contribution in [-0.2, 0) is 6.42 Å². The van der Waals surface area contributed by atoms with Gasteiger partial charge in [0.05, 0.1) is 0 Å². The Labute approximate surface area is 89.5 Å². The second-order valence-corrected chi connectivity index (χ2v) is 3.30. The van der Waals surface area contributed by atoms with Crippen molar-refractivity contribution in [3.8, 4) is 0 Å². The number of hydrogen-bond acceptors (Lipinski definition) is 1. The Hall–Kier alpha value is -1.02. The zero-order valence-electron chi connectivity index (χ0n) is 8.46. The number of benzene rings is 1. The van der Waals surface area contributed by atoms with E-state index in [0.29, 0.717) is 6.54 Å². The summed E-state index contributed by atoms with van der Waals surface area (Å²) >= 11 is 5.49. The average molecular weight is 212 g/mol. The van der Waals surface area contributed by atoms with Crippen LogP contribution >= 0.6 is 11.6 Å². The lowest BCUT2D eigenvalue weighted by molar-refractivity contribution is 0.264. The molecule has 0 atom stereocenters. The molecule has 0 unspecified atom stereocenters. The molecular weight excluding hydrogens is 198 g/mol. The van der Waals surface area contributed by atoms with Crippen molar-refractivity contribution >= 4 is 22.7 Å². The second kappa shape index (κ2) is 5.01. The van der Waals surface area contributed by atoms with Crippen LogP contribution in [0.1, 0.15) is 19.4 Å². The normalized spacial score (nSPS) is 9.93. The van der Waals surface area contributed by atoms with E-state index >= 15 is 0 Å². The first-order valence-electron chi connectivity index (χ1n) is 4.75. The van der Waals surface area contributed by atoms with E-state index in [2.05, 4.69) is 6.92 Å². The molecule has 0 aromatic heterocycles. The van der Waals surface area contributed by atoms with Crippen molar-refractivity contribution in [2.75, 3.05) is 11.4 Å². The molecule has 14 heavy (non-hydrogen) atoms. The quantitative estimate of drug-likeness (QED) is 0.554. The summed E-state index contributed by atoms with van der Waals surface area (Å²) in [6.45, 7) is 4.57. The van der Waals surface area contributed by atoms with Crippen LogP contribution in [0.4, 0.5) is 10.5 Å². The Bertz CT molecular complexity index is 325. The second-order valence-electron chi connectivity index (χ2n) is 2.98. The minimum absolute atomic E-state index is 0.423. The van der Waals surface area contributed by atoms with E-state index in [4.69, 9.17) is 11.6 Å². The summed E-state index contributed by atoms with van der Waals surface area (Å²) in [7, 11) is 0. The molecule has 1 aromatic carbocycles. The number of amides is 1. The highest BCUT2D eigenvalue weighted by Crippen LogP contribution is 2.21. The molecule has 0 radical (unpaired) electrons. The lowest BCUT2D eigenvalue weighted by atomic mass is 10.1. The van der Waals surface area contributed by atoms with E-state index in [1.807, 2.05) is 31.2 Å². The number of aryl methyl sites for hydroxylation is 1. The molecule has 0 bridgehead atoms. The van der Waals surface area contributed by atoms with E-state index in [1.54, 1.807) is 4.90 Å². The van der Waals surface area contributed by atoms with Gasteiger partial charge in [-0.3, -0.25) is 9.69 Å². The highest BCUT2D eigenvalue weighted by atomic mass is 35.5. The molecule has 0 aliphatic rings. The topological polar surface area (TPSA) is 20.3 Å². The Morgan fingerprint density at radius 2 is 2.00 bits per heavy atom. The van der Waals surface area contributed by atoms with E-state index in [1.165, 1.54) is 0 Å². The molecule has 0 aliphatic carbocycles. The average Bonchev–Trinajstić information content (AvgIpc) is 2.19. The first-order chi connectivity index (χ1) is 6.70. The summed E-state index contributed by atoms with van der Waals surface area (Å²) in [4.78, 5) is 12.7. The van der Waals surface area contributed by atoms with E-state index in [-0.39, 0.29) is 0 Å². The Balaban J connectivity index is 3.08. The largest absolute Gasteiger partial charge is 0.320 e. The Kier molecular flexibility index (Phi) is 3.96. The van der Waals surface area contributed by atoms with E-state index < -0.39 is 5.37 Å². The van der Waals surface area contributed by atoms with Crippen molar-refractivity contribution < 1.29 is 4.79 Å². The number of halogens is 1. The lowest BCUT2D eigenvalue weighted by Crippen LogP contribution is -2.26. The highest BCUT2D eigenvalue weighted by Gasteiger charge is 2.13. The summed E-state index contributed by atoms with van der Waals surface area (Å²) in [5, 5.41) is -0.423. The molecule has 1 aromatic rings. The fraction of sp³-hybridized carbons (Fsp3) is 0.364. The number of carbonyl (C=O) groups is 1. The van der Waals surface area contributed by atoms with Gasteiger partial charge in [0.2, 0.25) is 0 Å². The van der Waals surface area contributed by atoms with Gasteiger partial charge < -0.3 is 0 Å². The van der Waals surface area contributed by atoms with Crippen LogP contribution in [0, 0.1) is 0 Å². The van der Waals surface area contributed by atoms with Crippen LogP contribution in [0.25, 0.3) is 0 Å². The standard InChI is InChI=1S/C11H14ClNO/c1-3-9-7-5-6-8-10(9)13(4-2)11(12)14/h5-8H,3-4H2,1-2H3. The van der Waals surface area contributed by atoms with Crippen molar-refractivity contribution in [1.82, 2.24) is 0 Å². The summed E-state index contributed by atoms with van der Waals surface area (Å²) in [6, 6.07) is 7.81. The molecule has 3 heteroatoms. The third kappa shape index (κ3) is 2.26. The summed E-state index contributed by atoms with van der Waals surface area (Å²) in [5.41, 5.74) is 2.06. The maximum atomic E-state index is 11.1. The molecule has 0 saturated carbocycles. The van der Waals surface area contributed by atoms with Crippen LogP contribution in [-0.4, -0.2) is 11.9 Å². The molecule has 0 saturated heterocycles. The zero-order chi connectivity index (χ0) is 10.6. The SMILES string of the molecule is CCc1ccccc1N(CC)C(=O)Cl. The number of hydrogen-bond donors (Lipinski definition) is 0. The van der Waals surface area contributed by atoms with Gasteiger partial charge in [-0.05, 0) is 36.6 Å². The Morgan fingerprint density at radius 1 is 1.36 bits per heavy atom. The van der Waals surface area contributed by atoms with Crippen molar-refractivity contribution in [2.45, 2.75) is 20.3 Å². The predicted molar refractivity (Wildman–Crippen MR) is 60.1 cm³/mol. The van der Waals surface area contributed by atoms with Gasteiger partial charge in [-0.25, -0.2) is 0 Å². The smallest absolute Gasteiger partial charge is 0.299 e. The van der Waals surface area contributed by atoms with Crippen LogP contribution in [0.2, 0.25) is 0 Å². The number of nitrogens with zero attached hydrogens (tertiary/aromatic N) is 1. The number of rotatable bonds is 3. The molecule has 2 nitrogen and oxygen atoms in total. The highest BCUT2D eigenvalue weighted by molar-refractivity contribution is 6.66. The third-order valence-electron chi connectivity index (χ3n) is 2.19. The molecule has 0 spiro atoms. The van der Waals surface area contributed by atoms with Crippen molar-refractivity contribution in [3.05, 3.63) is 29.8 Å². The van der Waals surface area contributed by atoms with Crippen molar-refractivity contribution in [2.24, 2.45) is 0 Å². The summed E-state index contributed by atoms with van der Waals surface area (Å²) < 4.78 is 0. The van der Waals surface area contributed by atoms with Crippen LogP contribution < -0.4 is 4.90 Å². The molecule has 0 heterocycles. The number of para-hydroxylation sites is 1. The van der Waals surface area contributed by atoms with Gasteiger partial charge in [0.25, 0.3) is 0 Å². The minimum Gasteiger partial charge on any atom is -0.299 e. The number of carbonyl (C=O) groups excluding carboxylic acids is 1. The molecule has 0 N–H and O–H groups in total. The van der Waals surface area contributed by atoms with E-state index in [0.717, 1.165) is 17.7 Å². The molecule has 0 fully saturated rings. The van der Waals surface area contributed by atoms with Crippen molar-refractivity contribution in [3.63, 3.8) is 0 Å². The maximum Gasteiger partial charge on any atom is 0.320 e. The summed E-state index contributed by atoms with van der Waals surface area (Å²) in [6.07, 6.45) is 0.900. The van der Waals surface area contributed by atoms with Crippen molar-refractivity contribution in [1.29, 1.82) is 0 Å². The van der Waals surface area contributed by atoms with Gasteiger partial charge in [0.15, 0.2) is 0 Å².